The molecule has 0 saturated carbocycles. The van der Waals surface area contributed by atoms with Crippen LogP contribution in [0.2, 0.25) is 0 Å². The van der Waals surface area contributed by atoms with E-state index in [2.05, 4.69) is 5.32 Å². The first-order valence-electron chi connectivity index (χ1n) is 3.57. The Labute approximate surface area is 62.4 Å². The zero-order valence-electron chi connectivity index (χ0n) is 6.92. The van der Waals surface area contributed by atoms with Gasteiger partial charge < -0.3 is 15.2 Å². The molecule has 62 valence electrons. The monoisotopic (exact) mass is 147 g/mol. The van der Waals surface area contributed by atoms with Crippen molar-refractivity contribution in [1.82, 2.24) is 5.32 Å². The lowest BCUT2D eigenvalue weighted by atomic mass is 10.3. The smallest absolute Gasteiger partial charge is 0.0636 e. The number of methoxy groups -OCH3 is 1. The summed E-state index contributed by atoms with van der Waals surface area (Å²) in [6.45, 7) is 5.09. The summed E-state index contributed by atoms with van der Waals surface area (Å²) in [5.74, 6) is 0. The lowest BCUT2D eigenvalue weighted by Gasteiger charge is -2.13. The molecule has 0 amide bonds. The summed E-state index contributed by atoms with van der Waals surface area (Å²) in [6.07, 6.45) is -0.278. The Hall–Kier alpha value is -0.120. The molecule has 0 radical (unpaired) electrons. The van der Waals surface area contributed by atoms with Gasteiger partial charge in [-0.15, -0.1) is 0 Å². The normalized spacial score (nSPS) is 16.8. The third kappa shape index (κ3) is 6.01. The molecule has 0 aliphatic carbocycles. The van der Waals surface area contributed by atoms with Gasteiger partial charge in [0.25, 0.3) is 0 Å². The van der Waals surface area contributed by atoms with Crippen LogP contribution in [-0.2, 0) is 4.74 Å². The van der Waals surface area contributed by atoms with Crippen LogP contribution in [-0.4, -0.2) is 37.5 Å². The second kappa shape index (κ2) is 5.65. The lowest BCUT2D eigenvalue weighted by Crippen LogP contribution is -2.35. The van der Waals surface area contributed by atoms with E-state index in [1.54, 1.807) is 14.0 Å². The summed E-state index contributed by atoms with van der Waals surface area (Å²) in [4.78, 5) is 0. The van der Waals surface area contributed by atoms with Crippen molar-refractivity contribution in [1.29, 1.82) is 0 Å². The number of hydrogen-bond acceptors (Lipinski definition) is 3. The summed E-state index contributed by atoms with van der Waals surface area (Å²) in [5, 5.41) is 12.0. The molecule has 0 bridgehead atoms. The number of ether oxygens (including phenoxy) is 1. The van der Waals surface area contributed by atoms with Crippen molar-refractivity contribution in [2.24, 2.45) is 0 Å². The molecule has 0 fully saturated rings. The van der Waals surface area contributed by atoms with E-state index in [1.165, 1.54) is 0 Å². The van der Waals surface area contributed by atoms with Crippen LogP contribution >= 0.6 is 0 Å². The molecule has 0 unspecified atom stereocenters. The molecule has 0 aliphatic rings. The minimum absolute atomic E-state index is 0.278. The maximum Gasteiger partial charge on any atom is 0.0636 e. The van der Waals surface area contributed by atoms with Crippen molar-refractivity contribution in [3.8, 4) is 0 Å². The summed E-state index contributed by atoms with van der Waals surface area (Å²) in [7, 11) is 1.67. The van der Waals surface area contributed by atoms with E-state index >= 15 is 0 Å². The predicted molar refractivity (Wildman–Crippen MR) is 41.0 cm³/mol. The Morgan fingerprint density at radius 3 is 2.50 bits per heavy atom. The average Bonchev–Trinajstić information content (AvgIpc) is 1.85. The van der Waals surface area contributed by atoms with Gasteiger partial charge >= 0.3 is 0 Å². The molecule has 10 heavy (non-hydrogen) atoms. The molecule has 3 heteroatoms. The maximum atomic E-state index is 8.87. The highest BCUT2D eigenvalue weighted by Crippen LogP contribution is 1.83. The topological polar surface area (TPSA) is 41.5 Å². The van der Waals surface area contributed by atoms with Crippen LogP contribution in [0.4, 0.5) is 0 Å². The van der Waals surface area contributed by atoms with Crippen molar-refractivity contribution < 1.29 is 9.84 Å². The van der Waals surface area contributed by atoms with E-state index < -0.39 is 0 Å². The molecule has 2 N–H and O–H groups in total. The van der Waals surface area contributed by atoms with Gasteiger partial charge in [-0.3, -0.25) is 0 Å². The molecule has 0 aromatic carbocycles. The first-order valence-corrected chi connectivity index (χ1v) is 3.57. The largest absolute Gasteiger partial charge is 0.392 e. The molecule has 3 nitrogen and oxygen atoms in total. The number of aliphatic hydroxyl groups excluding tert-OH is 1. The minimum atomic E-state index is -0.278. The van der Waals surface area contributed by atoms with Crippen molar-refractivity contribution >= 4 is 0 Å². The predicted octanol–water partition coefficient (Wildman–Crippen LogP) is -0.00830. The molecule has 0 aromatic heterocycles. The molecule has 0 rings (SSSR count). The van der Waals surface area contributed by atoms with Crippen LogP contribution in [0.1, 0.15) is 13.8 Å². The summed E-state index contributed by atoms with van der Waals surface area (Å²) in [5.41, 5.74) is 0. The first-order chi connectivity index (χ1) is 4.66. The van der Waals surface area contributed by atoms with Crippen LogP contribution in [0.5, 0.6) is 0 Å². The van der Waals surface area contributed by atoms with Gasteiger partial charge in [-0.2, -0.15) is 0 Å². The fraction of sp³-hybridized carbons (Fsp3) is 1.00. The molecular weight excluding hydrogens is 130 g/mol. The van der Waals surface area contributed by atoms with Crippen molar-refractivity contribution in [2.45, 2.75) is 26.0 Å². The molecule has 0 heterocycles. The van der Waals surface area contributed by atoms with E-state index in [0.717, 1.165) is 0 Å². The van der Waals surface area contributed by atoms with E-state index in [9.17, 15) is 0 Å². The SMILES string of the molecule is COC[C@@H](C)NC[C@H](C)O. The average molecular weight is 147 g/mol. The van der Waals surface area contributed by atoms with Gasteiger partial charge in [-0.1, -0.05) is 0 Å². The van der Waals surface area contributed by atoms with Gasteiger partial charge in [-0.05, 0) is 13.8 Å². The second-order valence-corrected chi connectivity index (χ2v) is 2.61. The zero-order valence-corrected chi connectivity index (χ0v) is 6.92. The van der Waals surface area contributed by atoms with Crippen molar-refractivity contribution in [2.75, 3.05) is 20.3 Å². The van der Waals surface area contributed by atoms with Gasteiger partial charge in [0.15, 0.2) is 0 Å². The quantitative estimate of drug-likeness (QED) is 0.575. The third-order valence-corrected chi connectivity index (χ3v) is 1.18. The van der Waals surface area contributed by atoms with E-state index in [0.29, 0.717) is 19.2 Å². The van der Waals surface area contributed by atoms with Crippen molar-refractivity contribution in [3.05, 3.63) is 0 Å². The molecule has 0 aromatic rings. The van der Waals surface area contributed by atoms with E-state index in [-0.39, 0.29) is 6.10 Å². The summed E-state index contributed by atoms with van der Waals surface area (Å²) in [6, 6.07) is 0.319. The number of aliphatic hydroxyl groups is 1. The number of hydrogen-bond donors (Lipinski definition) is 2. The highest BCUT2D eigenvalue weighted by molar-refractivity contribution is 4.60. The third-order valence-electron chi connectivity index (χ3n) is 1.18. The van der Waals surface area contributed by atoms with E-state index in [1.807, 2.05) is 6.92 Å². The molecule has 0 aliphatic heterocycles. The maximum absolute atomic E-state index is 8.87. The molecule has 2 atom stereocenters. The standard InChI is InChI=1S/C7H17NO2/c1-6(5-10-3)8-4-7(2)9/h6-9H,4-5H2,1-3H3/t6-,7+/m1/s1. The first kappa shape index (κ1) is 9.88. The van der Waals surface area contributed by atoms with Crippen LogP contribution in [0.15, 0.2) is 0 Å². The summed E-state index contributed by atoms with van der Waals surface area (Å²) >= 11 is 0. The minimum Gasteiger partial charge on any atom is -0.392 e. The fourth-order valence-electron chi connectivity index (χ4n) is 0.681. The van der Waals surface area contributed by atoms with Gasteiger partial charge in [0, 0.05) is 19.7 Å². The van der Waals surface area contributed by atoms with Gasteiger partial charge in [0.05, 0.1) is 12.7 Å². The highest BCUT2D eigenvalue weighted by atomic mass is 16.5. The second-order valence-electron chi connectivity index (χ2n) is 2.61. The van der Waals surface area contributed by atoms with Crippen LogP contribution in [0, 0.1) is 0 Å². The highest BCUT2D eigenvalue weighted by Gasteiger charge is 2.00. The molecule has 0 spiro atoms. The van der Waals surface area contributed by atoms with Gasteiger partial charge in [0.1, 0.15) is 0 Å². The Morgan fingerprint density at radius 1 is 1.50 bits per heavy atom. The van der Waals surface area contributed by atoms with Crippen LogP contribution in [0.25, 0.3) is 0 Å². The van der Waals surface area contributed by atoms with E-state index in [4.69, 9.17) is 9.84 Å². The molecular formula is C7H17NO2. The Morgan fingerprint density at radius 2 is 2.10 bits per heavy atom. The Balaban J connectivity index is 3.12. The Bertz CT molecular complexity index is 76.0. The van der Waals surface area contributed by atoms with Crippen LogP contribution < -0.4 is 5.32 Å². The molecule has 0 saturated heterocycles. The van der Waals surface area contributed by atoms with Gasteiger partial charge in [0.2, 0.25) is 0 Å². The lowest BCUT2D eigenvalue weighted by molar-refractivity contribution is 0.151. The summed E-state index contributed by atoms with van der Waals surface area (Å²) < 4.78 is 4.89. The van der Waals surface area contributed by atoms with Crippen molar-refractivity contribution in [3.63, 3.8) is 0 Å². The Kier molecular flexibility index (Phi) is 5.58. The number of nitrogens with one attached hydrogen (secondary N) is 1. The zero-order chi connectivity index (χ0) is 7.98. The van der Waals surface area contributed by atoms with Gasteiger partial charge in [-0.25, -0.2) is 0 Å². The number of rotatable bonds is 5. The fourth-order valence-corrected chi connectivity index (χ4v) is 0.681. The van der Waals surface area contributed by atoms with Crippen LogP contribution in [0.3, 0.4) is 0 Å².